The lowest BCUT2D eigenvalue weighted by Gasteiger charge is -2.32. The molecular formula is C29H36BrN5O4. The van der Waals surface area contributed by atoms with Gasteiger partial charge in [0.15, 0.2) is 0 Å². The fourth-order valence-corrected chi connectivity index (χ4v) is 4.19. The van der Waals surface area contributed by atoms with Crippen molar-refractivity contribution in [1.82, 2.24) is 20.1 Å². The van der Waals surface area contributed by atoms with E-state index in [2.05, 4.69) is 74.3 Å². The molecule has 5 rings (SSSR count). The first-order valence-corrected chi connectivity index (χ1v) is 13.2. The first-order chi connectivity index (χ1) is 18.5. The minimum Gasteiger partial charge on any atom is -0.483 e. The van der Waals surface area contributed by atoms with E-state index in [9.17, 15) is 9.59 Å². The Balaban J connectivity index is 0.000000231. The van der Waals surface area contributed by atoms with Crippen LogP contribution in [0.4, 0.5) is 5.82 Å². The van der Waals surface area contributed by atoms with Gasteiger partial charge >= 0.3 is 0 Å². The zero-order chi connectivity index (χ0) is 28.9. The highest BCUT2D eigenvalue weighted by atomic mass is 79.9. The minimum absolute atomic E-state index is 0.250. The predicted molar refractivity (Wildman–Crippen MR) is 158 cm³/mol. The van der Waals surface area contributed by atoms with Crippen molar-refractivity contribution in [2.75, 3.05) is 39.0 Å². The lowest BCUT2D eigenvalue weighted by Crippen LogP contribution is -2.43. The number of carboxylic acid groups (broad SMARTS) is 1. The molecule has 0 aliphatic carbocycles. The van der Waals surface area contributed by atoms with Gasteiger partial charge in [-0.3, -0.25) is 24.6 Å². The number of aromatic nitrogens is 1. The average Bonchev–Trinajstić information content (AvgIpc) is 3.11. The highest BCUT2D eigenvalue weighted by Crippen LogP contribution is 2.24. The summed E-state index contributed by atoms with van der Waals surface area (Å²) in [4.78, 5) is 38.8. The van der Waals surface area contributed by atoms with E-state index in [-0.39, 0.29) is 18.3 Å². The number of fused-ring (bicyclic) bond motifs is 1. The number of imide groups is 1. The van der Waals surface area contributed by atoms with Crippen LogP contribution in [0.2, 0.25) is 0 Å². The summed E-state index contributed by atoms with van der Waals surface area (Å²) < 4.78 is 1.04. The topological polar surface area (TPSA) is 129 Å². The van der Waals surface area contributed by atoms with E-state index >= 15 is 0 Å². The van der Waals surface area contributed by atoms with Crippen molar-refractivity contribution in [3.8, 4) is 0 Å². The standard InChI is InChI=1S/C15H19BrN4.C7H8.C6H7NO2.CH2O2/c1-19-4-6-20(7-5-19)10-11-8-15(17)18-14-9-12(16)2-3-13(11)14;1-7-5-3-2-4-6-7;1-3-4(2)6(9)7-5(3)8;2-1-3/h2-3,8-9H,4-7,10H2,1H3,(H2,17,18);2-6H,1H3;1-2H3,(H,7,8,9);1H,(H,2,3). The van der Waals surface area contributed by atoms with Crippen LogP contribution >= 0.6 is 15.9 Å². The Morgan fingerprint density at radius 3 is 2.00 bits per heavy atom. The number of amides is 2. The number of nitrogen functional groups attached to an aromatic ring is 1. The number of rotatable bonds is 2. The number of piperazine rings is 1. The van der Waals surface area contributed by atoms with E-state index in [1.807, 2.05) is 30.3 Å². The molecule has 208 valence electrons. The number of hydrogen-bond acceptors (Lipinski definition) is 7. The van der Waals surface area contributed by atoms with Gasteiger partial charge in [-0.1, -0.05) is 57.9 Å². The second kappa shape index (κ2) is 15.7. The number of aryl methyl sites for hydroxylation is 1. The third-order valence-corrected chi connectivity index (χ3v) is 6.77. The molecule has 0 spiro atoms. The summed E-state index contributed by atoms with van der Waals surface area (Å²) in [6, 6.07) is 18.5. The molecule has 1 saturated heterocycles. The van der Waals surface area contributed by atoms with Crippen LogP contribution in [0.3, 0.4) is 0 Å². The number of hydrogen-bond donors (Lipinski definition) is 3. The van der Waals surface area contributed by atoms with Gasteiger partial charge in [-0.05, 0) is 51.6 Å². The van der Waals surface area contributed by atoms with Crippen molar-refractivity contribution >= 4 is 50.9 Å². The van der Waals surface area contributed by atoms with Gasteiger partial charge in [0.2, 0.25) is 0 Å². The van der Waals surface area contributed by atoms with E-state index in [0.717, 1.165) is 42.7 Å². The Morgan fingerprint density at radius 2 is 1.54 bits per heavy atom. The minimum atomic E-state index is -0.266. The number of nitrogens with zero attached hydrogens (tertiary/aromatic N) is 3. The number of halogens is 1. The van der Waals surface area contributed by atoms with Crippen LogP contribution in [0.5, 0.6) is 0 Å². The maximum atomic E-state index is 10.6. The van der Waals surface area contributed by atoms with Crippen LogP contribution in [0.25, 0.3) is 10.9 Å². The molecule has 2 aromatic carbocycles. The summed E-state index contributed by atoms with van der Waals surface area (Å²) >= 11 is 3.49. The molecule has 10 heteroatoms. The largest absolute Gasteiger partial charge is 0.483 e. The zero-order valence-electron chi connectivity index (χ0n) is 22.8. The number of likely N-dealkylation sites (N-methyl/N-ethyl adjacent to an activating group) is 1. The molecule has 39 heavy (non-hydrogen) atoms. The lowest BCUT2D eigenvalue weighted by atomic mass is 10.1. The fraction of sp³-hybridized carbons (Fsp3) is 0.310. The fourth-order valence-electron chi connectivity index (χ4n) is 3.84. The van der Waals surface area contributed by atoms with E-state index in [1.54, 1.807) is 13.8 Å². The third kappa shape index (κ3) is 10.2. The maximum absolute atomic E-state index is 10.6. The van der Waals surface area contributed by atoms with Crippen molar-refractivity contribution in [3.05, 3.63) is 81.3 Å². The van der Waals surface area contributed by atoms with E-state index in [1.165, 1.54) is 16.5 Å². The van der Waals surface area contributed by atoms with Crippen LogP contribution < -0.4 is 11.1 Å². The summed E-state index contributed by atoms with van der Waals surface area (Å²) in [6.45, 7) is 10.5. The number of carbonyl (C=O) groups excluding carboxylic acids is 2. The van der Waals surface area contributed by atoms with Gasteiger partial charge in [0.05, 0.1) is 5.52 Å². The number of carbonyl (C=O) groups is 3. The van der Waals surface area contributed by atoms with Crippen molar-refractivity contribution in [1.29, 1.82) is 0 Å². The number of nitrogens with one attached hydrogen (secondary N) is 1. The molecule has 1 fully saturated rings. The lowest BCUT2D eigenvalue weighted by molar-refractivity contribution is -0.124. The van der Waals surface area contributed by atoms with Gasteiger partial charge in [0.1, 0.15) is 5.82 Å². The summed E-state index contributed by atoms with van der Waals surface area (Å²) in [5, 5.41) is 10.2. The summed E-state index contributed by atoms with van der Waals surface area (Å²) in [7, 11) is 2.18. The van der Waals surface area contributed by atoms with Gasteiger partial charge in [-0.2, -0.15) is 0 Å². The zero-order valence-corrected chi connectivity index (χ0v) is 24.4. The van der Waals surface area contributed by atoms with Crippen molar-refractivity contribution < 1.29 is 19.5 Å². The highest BCUT2D eigenvalue weighted by molar-refractivity contribution is 9.10. The van der Waals surface area contributed by atoms with Gasteiger partial charge in [0.25, 0.3) is 18.3 Å². The van der Waals surface area contributed by atoms with Crippen molar-refractivity contribution in [2.45, 2.75) is 27.3 Å². The van der Waals surface area contributed by atoms with Crippen LogP contribution in [0, 0.1) is 6.92 Å². The van der Waals surface area contributed by atoms with Gasteiger partial charge in [-0.15, -0.1) is 0 Å². The van der Waals surface area contributed by atoms with Crippen LogP contribution in [0.1, 0.15) is 25.0 Å². The predicted octanol–water partition coefficient (Wildman–Crippen LogP) is 4.00. The molecule has 3 aromatic rings. The summed E-state index contributed by atoms with van der Waals surface area (Å²) in [5.41, 5.74) is 10.6. The second-order valence-corrected chi connectivity index (χ2v) is 10.2. The maximum Gasteiger partial charge on any atom is 0.290 e. The Labute approximate surface area is 237 Å². The van der Waals surface area contributed by atoms with Crippen LogP contribution in [-0.2, 0) is 20.9 Å². The van der Waals surface area contributed by atoms with Gasteiger partial charge < -0.3 is 15.7 Å². The highest BCUT2D eigenvalue weighted by Gasteiger charge is 2.22. The molecule has 3 heterocycles. The molecule has 2 amide bonds. The first-order valence-electron chi connectivity index (χ1n) is 12.4. The normalized spacial score (nSPS) is 15.3. The molecule has 1 aromatic heterocycles. The number of nitrogens with two attached hydrogens (primary N) is 1. The average molecular weight is 599 g/mol. The quantitative estimate of drug-likeness (QED) is 0.298. The molecule has 0 radical (unpaired) electrons. The number of pyridine rings is 1. The van der Waals surface area contributed by atoms with Crippen LogP contribution in [-0.4, -0.2) is 71.4 Å². The molecule has 0 saturated carbocycles. The Hall–Kier alpha value is -3.60. The number of benzene rings is 2. The SMILES string of the molecule is CC1=C(C)C(=O)NC1=O.CN1CCN(Cc2cc(N)nc3cc(Br)ccc23)CC1.Cc1ccccc1.O=CO. The first kappa shape index (κ1) is 31.6. The van der Waals surface area contributed by atoms with Crippen molar-refractivity contribution in [3.63, 3.8) is 0 Å². The molecule has 0 unspecified atom stereocenters. The monoisotopic (exact) mass is 597 g/mol. The molecule has 9 nitrogen and oxygen atoms in total. The molecular weight excluding hydrogens is 562 g/mol. The second-order valence-electron chi connectivity index (χ2n) is 9.24. The van der Waals surface area contributed by atoms with Gasteiger partial charge in [0, 0.05) is 53.7 Å². The Bertz CT molecular complexity index is 1280. The Kier molecular flexibility index (Phi) is 12.7. The summed E-state index contributed by atoms with van der Waals surface area (Å²) in [6.07, 6.45) is 0. The van der Waals surface area contributed by atoms with E-state index < -0.39 is 0 Å². The van der Waals surface area contributed by atoms with Gasteiger partial charge in [-0.25, -0.2) is 4.98 Å². The van der Waals surface area contributed by atoms with E-state index in [0.29, 0.717) is 17.0 Å². The molecule has 2 aliphatic rings. The molecule has 4 N–H and O–H groups in total. The molecule has 0 bridgehead atoms. The smallest absolute Gasteiger partial charge is 0.290 e. The number of anilines is 1. The summed E-state index contributed by atoms with van der Waals surface area (Å²) in [5.74, 6) is 0.0646. The van der Waals surface area contributed by atoms with Crippen LogP contribution in [0.15, 0.2) is 70.2 Å². The third-order valence-electron chi connectivity index (χ3n) is 6.28. The van der Waals surface area contributed by atoms with E-state index in [4.69, 9.17) is 15.6 Å². The molecule has 2 aliphatic heterocycles. The van der Waals surface area contributed by atoms with Crippen molar-refractivity contribution in [2.24, 2.45) is 0 Å². The Morgan fingerprint density at radius 1 is 0.974 bits per heavy atom. The molecule has 0 atom stereocenters.